The quantitative estimate of drug-likeness (QED) is 0.796. The number of anilines is 1. The molecule has 2 heterocycles. The first-order chi connectivity index (χ1) is 10.3. The predicted octanol–water partition coefficient (Wildman–Crippen LogP) is 2.27. The van der Waals surface area contributed by atoms with E-state index in [-0.39, 0.29) is 5.56 Å². The number of nitrogens with one attached hydrogen (secondary N) is 1. The molecular weight excluding hydrogens is 264 g/mol. The Kier molecular flexibility index (Phi) is 3.64. The largest absolute Gasteiger partial charge is 0.384 e. The maximum Gasteiger partial charge on any atom is 0.269 e. The van der Waals surface area contributed by atoms with Crippen LogP contribution in [-0.4, -0.2) is 21.3 Å². The van der Waals surface area contributed by atoms with Gasteiger partial charge in [-0.05, 0) is 30.7 Å². The second-order valence-corrected chi connectivity index (χ2v) is 4.80. The summed E-state index contributed by atoms with van der Waals surface area (Å²) in [5, 5.41) is 8.34. The molecule has 0 amide bonds. The van der Waals surface area contributed by atoms with Crippen LogP contribution in [0, 0.1) is 0 Å². The van der Waals surface area contributed by atoms with E-state index in [1.807, 2.05) is 37.3 Å². The lowest BCUT2D eigenvalue weighted by atomic mass is 10.1. The third kappa shape index (κ3) is 2.91. The van der Waals surface area contributed by atoms with E-state index in [0.29, 0.717) is 6.54 Å². The average Bonchev–Trinajstić information content (AvgIpc) is 2.50. The van der Waals surface area contributed by atoms with Gasteiger partial charge < -0.3 is 5.32 Å². The topological polar surface area (TPSA) is 59.8 Å². The van der Waals surface area contributed by atoms with E-state index in [0.717, 1.165) is 28.7 Å². The van der Waals surface area contributed by atoms with E-state index in [4.69, 9.17) is 0 Å². The fourth-order valence-electron chi connectivity index (χ4n) is 2.25. The van der Waals surface area contributed by atoms with Crippen LogP contribution >= 0.6 is 0 Å². The highest BCUT2D eigenvalue weighted by molar-refractivity contribution is 5.78. The molecule has 0 atom stereocenters. The minimum absolute atomic E-state index is 0.111. The van der Waals surface area contributed by atoms with Gasteiger partial charge in [0.1, 0.15) is 0 Å². The SMILES string of the molecule is CCNc1cnn(Cc2ccc3ncccc3c2)c(=O)c1. The Hall–Kier alpha value is -2.69. The van der Waals surface area contributed by atoms with Crippen molar-refractivity contribution in [3.8, 4) is 0 Å². The van der Waals surface area contributed by atoms with E-state index in [2.05, 4.69) is 15.4 Å². The number of nitrogens with zero attached hydrogens (tertiary/aromatic N) is 3. The van der Waals surface area contributed by atoms with Crippen LogP contribution in [0.25, 0.3) is 10.9 Å². The van der Waals surface area contributed by atoms with Gasteiger partial charge in [0.25, 0.3) is 5.56 Å². The van der Waals surface area contributed by atoms with Gasteiger partial charge in [0.15, 0.2) is 0 Å². The first kappa shape index (κ1) is 13.3. The first-order valence-corrected chi connectivity index (χ1v) is 6.91. The molecule has 0 spiro atoms. The standard InChI is InChI=1S/C16H16N4O/c1-2-17-14-9-16(21)20(19-10-14)11-12-5-6-15-13(8-12)4-3-7-18-15/h3-10,17H,2,11H2,1H3. The lowest BCUT2D eigenvalue weighted by Gasteiger charge is -2.07. The zero-order chi connectivity index (χ0) is 14.7. The number of benzene rings is 1. The van der Waals surface area contributed by atoms with Gasteiger partial charge in [0.2, 0.25) is 0 Å². The van der Waals surface area contributed by atoms with Crippen LogP contribution in [0.2, 0.25) is 0 Å². The average molecular weight is 280 g/mol. The van der Waals surface area contributed by atoms with Crippen LogP contribution in [0.15, 0.2) is 53.6 Å². The van der Waals surface area contributed by atoms with Crippen molar-refractivity contribution >= 4 is 16.6 Å². The van der Waals surface area contributed by atoms with Gasteiger partial charge in [-0.25, -0.2) is 4.68 Å². The Morgan fingerprint density at radius 2 is 2.14 bits per heavy atom. The van der Waals surface area contributed by atoms with Crippen molar-refractivity contribution in [3.63, 3.8) is 0 Å². The summed E-state index contributed by atoms with van der Waals surface area (Å²) in [6.45, 7) is 3.20. The lowest BCUT2D eigenvalue weighted by molar-refractivity contribution is 0.640. The van der Waals surface area contributed by atoms with Gasteiger partial charge in [-0.15, -0.1) is 0 Å². The molecule has 1 aromatic carbocycles. The van der Waals surface area contributed by atoms with Gasteiger partial charge >= 0.3 is 0 Å². The first-order valence-electron chi connectivity index (χ1n) is 6.91. The molecule has 5 nitrogen and oxygen atoms in total. The third-order valence-corrected chi connectivity index (χ3v) is 3.25. The van der Waals surface area contributed by atoms with Crippen molar-refractivity contribution in [2.75, 3.05) is 11.9 Å². The van der Waals surface area contributed by atoms with Crippen molar-refractivity contribution in [3.05, 3.63) is 64.7 Å². The second kappa shape index (κ2) is 5.75. The minimum Gasteiger partial charge on any atom is -0.384 e. The highest BCUT2D eigenvalue weighted by atomic mass is 16.1. The van der Waals surface area contributed by atoms with Gasteiger partial charge in [-0.2, -0.15) is 5.10 Å². The molecule has 0 aliphatic rings. The number of fused-ring (bicyclic) bond motifs is 1. The number of rotatable bonds is 4. The summed E-state index contributed by atoms with van der Waals surface area (Å²) >= 11 is 0. The molecule has 1 N–H and O–H groups in total. The van der Waals surface area contributed by atoms with Crippen molar-refractivity contribution < 1.29 is 0 Å². The summed E-state index contributed by atoms with van der Waals surface area (Å²) < 4.78 is 1.46. The number of aromatic nitrogens is 3. The van der Waals surface area contributed by atoms with Gasteiger partial charge in [-0.3, -0.25) is 9.78 Å². The molecule has 0 unspecified atom stereocenters. The fourth-order valence-corrected chi connectivity index (χ4v) is 2.25. The molecule has 0 aliphatic heterocycles. The maximum absolute atomic E-state index is 12.0. The molecule has 0 radical (unpaired) electrons. The van der Waals surface area contributed by atoms with E-state index in [9.17, 15) is 4.79 Å². The molecule has 3 rings (SSSR count). The van der Waals surface area contributed by atoms with E-state index in [1.165, 1.54) is 4.68 Å². The zero-order valence-electron chi connectivity index (χ0n) is 11.8. The smallest absolute Gasteiger partial charge is 0.269 e. The van der Waals surface area contributed by atoms with Gasteiger partial charge in [0.05, 0.1) is 23.9 Å². The highest BCUT2D eigenvalue weighted by Gasteiger charge is 2.02. The Morgan fingerprint density at radius 1 is 1.24 bits per heavy atom. The van der Waals surface area contributed by atoms with Gasteiger partial charge in [0, 0.05) is 24.2 Å². The molecule has 5 heteroatoms. The monoisotopic (exact) mass is 280 g/mol. The summed E-state index contributed by atoms with van der Waals surface area (Å²) in [7, 11) is 0. The van der Waals surface area contributed by atoms with Crippen LogP contribution in [-0.2, 0) is 6.54 Å². The highest BCUT2D eigenvalue weighted by Crippen LogP contribution is 2.13. The maximum atomic E-state index is 12.0. The summed E-state index contributed by atoms with van der Waals surface area (Å²) in [6, 6.07) is 11.5. The Morgan fingerprint density at radius 3 is 2.95 bits per heavy atom. The number of hydrogen-bond acceptors (Lipinski definition) is 4. The minimum atomic E-state index is -0.111. The Bertz CT molecular complexity index is 826. The zero-order valence-corrected chi connectivity index (χ0v) is 11.8. The van der Waals surface area contributed by atoms with Crippen LogP contribution < -0.4 is 10.9 Å². The van der Waals surface area contributed by atoms with Crippen LogP contribution in [0.5, 0.6) is 0 Å². The number of hydrogen-bond donors (Lipinski definition) is 1. The number of pyridine rings is 1. The molecule has 3 aromatic rings. The molecule has 2 aromatic heterocycles. The van der Waals surface area contributed by atoms with E-state index in [1.54, 1.807) is 18.5 Å². The van der Waals surface area contributed by atoms with Crippen LogP contribution in [0.4, 0.5) is 5.69 Å². The Labute approximate surface area is 122 Å². The van der Waals surface area contributed by atoms with E-state index >= 15 is 0 Å². The molecule has 0 bridgehead atoms. The predicted molar refractivity (Wildman–Crippen MR) is 83.5 cm³/mol. The molecule has 0 saturated carbocycles. The van der Waals surface area contributed by atoms with Crippen molar-refractivity contribution in [1.29, 1.82) is 0 Å². The normalized spacial score (nSPS) is 10.7. The molecular formula is C16H16N4O. The summed E-state index contributed by atoms with van der Waals surface area (Å²) in [4.78, 5) is 16.3. The fraction of sp³-hybridized carbons (Fsp3) is 0.188. The molecule has 21 heavy (non-hydrogen) atoms. The second-order valence-electron chi connectivity index (χ2n) is 4.80. The Balaban J connectivity index is 1.89. The molecule has 0 saturated heterocycles. The lowest BCUT2D eigenvalue weighted by Crippen LogP contribution is -2.23. The van der Waals surface area contributed by atoms with Crippen LogP contribution in [0.3, 0.4) is 0 Å². The van der Waals surface area contributed by atoms with Gasteiger partial charge in [-0.1, -0.05) is 12.1 Å². The summed E-state index contributed by atoms with van der Waals surface area (Å²) in [6.07, 6.45) is 3.45. The summed E-state index contributed by atoms with van der Waals surface area (Å²) in [5.74, 6) is 0. The summed E-state index contributed by atoms with van der Waals surface area (Å²) in [5.41, 5.74) is 2.62. The van der Waals surface area contributed by atoms with Crippen LogP contribution in [0.1, 0.15) is 12.5 Å². The van der Waals surface area contributed by atoms with Crippen molar-refractivity contribution in [1.82, 2.24) is 14.8 Å². The van der Waals surface area contributed by atoms with Crippen molar-refractivity contribution in [2.24, 2.45) is 0 Å². The third-order valence-electron chi connectivity index (χ3n) is 3.25. The molecule has 106 valence electrons. The molecule has 0 fully saturated rings. The van der Waals surface area contributed by atoms with E-state index < -0.39 is 0 Å². The molecule has 0 aliphatic carbocycles. The van der Waals surface area contributed by atoms with Crippen molar-refractivity contribution in [2.45, 2.75) is 13.5 Å².